The van der Waals surface area contributed by atoms with Crippen LogP contribution in [0.1, 0.15) is 13.8 Å². The number of ether oxygens (including phenoxy) is 2. The molecular weight excluding hydrogens is 278 g/mol. The molecule has 1 aromatic carbocycles. The summed E-state index contributed by atoms with van der Waals surface area (Å²) in [6.07, 6.45) is -0.0119. The Kier molecular flexibility index (Phi) is 4.09. The Hall–Kier alpha value is -1.88. The van der Waals surface area contributed by atoms with Gasteiger partial charge in [0.05, 0.1) is 29.5 Å². The summed E-state index contributed by atoms with van der Waals surface area (Å²) in [4.78, 5) is 0. The number of halogens is 1. The van der Waals surface area contributed by atoms with E-state index in [2.05, 4.69) is 5.10 Å². The van der Waals surface area contributed by atoms with Crippen LogP contribution < -0.4 is 15.2 Å². The summed E-state index contributed by atoms with van der Waals surface area (Å²) in [7, 11) is 3.36. The molecule has 0 aliphatic rings. The second kappa shape index (κ2) is 5.63. The summed E-state index contributed by atoms with van der Waals surface area (Å²) < 4.78 is 12.8. The van der Waals surface area contributed by atoms with Crippen molar-refractivity contribution in [3.05, 3.63) is 23.2 Å². The number of anilines is 1. The molecule has 0 unspecified atom stereocenters. The molecule has 0 saturated heterocycles. The molecule has 0 amide bonds. The highest BCUT2D eigenvalue weighted by Crippen LogP contribution is 2.43. The van der Waals surface area contributed by atoms with Crippen molar-refractivity contribution in [1.29, 1.82) is 0 Å². The number of nitrogen functional groups attached to an aromatic ring is 1. The van der Waals surface area contributed by atoms with Crippen LogP contribution in [0, 0.1) is 0 Å². The van der Waals surface area contributed by atoms with E-state index < -0.39 is 0 Å². The van der Waals surface area contributed by atoms with Crippen LogP contribution in [-0.4, -0.2) is 23.0 Å². The van der Waals surface area contributed by atoms with E-state index in [1.165, 1.54) is 0 Å². The zero-order chi connectivity index (χ0) is 14.9. The molecule has 2 N–H and O–H groups in total. The van der Waals surface area contributed by atoms with Gasteiger partial charge in [0.15, 0.2) is 11.5 Å². The summed E-state index contributed by atoms with van der Waals surface area (Å²) in [6, 6.07) is 5.29. The van der Waals surface area contributed by atoms with Crippen LogP contribution in [0.25, 0.3) is 11.3 Å². The van der Waals surface area contributed by atoms with E-state index in [4.69, 9.17) is 26.8 Å². The predicted octanol–water partition coefficient (Wildman–Crippen LogP) is 3.12. The van der Waals surface area contributed by atoms with Gasteiger partial charge < -0.3 is 15.2 Å². The minimum absolute atomic E-state index is 0.0119. The smallest absolute Gasteiger partial charge is 0.172 e. The van der Waals surface area contributed by atoms with Crippen molar-refractivity contribution in [2.24, 2.45) is 7.05 Å². The van der Waals surface area contributed by atoms with Gasteiger partial charge >= 0.3 is 0 Å². The fourth-order valence-corrected chi connectivity index (χ4v) is 2.14. The van der Waals surface area contributed by atoms with Crippen molar-refractivity contribution in [2.45, 2.75) is 20.0 Å². The topological polar surface area (TPSA) is 62.3 Å². The van der Waals surface area contributed by atoms with Gasteiger partial charge in [0.25, 0.3) is 0 Å². The van der Waals surface area contributed by atoms with Crippen LogP contribution in [0.15, 0.2) is 18.2 Å². The fourth-order valence-electron chi connectivity index (χ4n) is 1.90. The van der Waals surface area contributed by atoms with Crippen molar-refractivity contribution in [3.8, 4) is 22.8 Å². The van der Waals surface area contributed by atoms with Gasteiger partial charge in [-0.15, -0.1) is 0 Å². The standard InChI is InChI=1S/C14H18ClN3O2/c1-8(2)20-14-11(19-4)6-5-9(15)13(14)10-7-12(16)18(3)17-10/h5-8H,16H2,1-4H3. The largest absolute Gasteiger partial charge is 0.493 e. The van der Waals surface area contributed by atoms with Crippen LogP contribution in [0.4, 0.5) is 5.82 Å². The Labute approximate surface area is 123 Å². The summed E-state index contributed by atoms with van der Waals surface area (Å²) in [5.74, 6) is 1.74. The Bertz CT molecular complexity index is 604. The summed E-state index contributed by atoms with van der Waals surface area (Å²) in [5.41, 5.74) is 7.18. The number of nitrogens with two attached hydrogens (primary N) is 1. The number of hydrogen-bond donors (Lipinski definition) is 1. The number of nitrogens with zero attached hydrogens (tertiary/aromatic N) is 2. The molecule has 2 rings (SSSR count). The Morgan fingerprint density at radius 2 is 2.05 bits per heavy atom. The van der Waals surface area contributed by atoms with Gasteiger partial charge in [-0.3, -0.25) is 4.68 Å². The van der Waals surface area contributed by atoms with Crippen molar-refractivity contribution in [1.82, 2.24) is 9.78 Å². The Morgan fingerprint density at radius 1 is 1.35 bits per heavy atom. The Morgan fingerprint density at radius 3 is 2.55 bits per heavy atom. The van der Waals surface area contributed by atoms with Gasteiger partial charge in [0, 0.05) is 13.1 Å². The third kappa shape index (κ3) is 2.67. The molecule has 0 fully saturated rings. The van der Waals surface area contributed by atoms with E-state index in [0.29, 0.717) is 33.6 Å². The maximum Gasteiger partial charge on any atom is 0.172 e. The summed E-state index contributed by atoms with van der Waals surface area (Å²) in [5, 5.41) is 4.90. The normalized spacial score (nSPS) is 10.9. The quantitative estimate of drug-likeness (QED) is 0.941. The van der Waals surface area contributed by atoms with Crippen LogP contribution in [-0.2, 0) is 7.05 Å². The van der Waals surface area contributed by atoms with E-state index in [9.17, 15) is 0 Å². The van der Waals surface area contributed by atoms with Crippen molar-refractivity contribution >= 4 is 17.4 Å². The first-order chi connectivity index (χ1) is 9.43. The molecule has 0 radical (unpaired) electrons. The number of methoxy groups -OCH3 is 1. The number of hydrogen-bond acceptors (Lipinski definition) is 4. The lowest BCUT2D eigenvalue weighted by Crippen LogP contribution is -2.08. The molecule has 0 atom stereocenters. The molecule has 0 aliphatic heterocycles. The van der Waals surface area contributed by atoms with Crippen LogP contribution in [0.5, 0.6) is 11.5 Å². The lowest BCUT2D eigenvalue weighted by atomic mass is 10.1. The van der Waals surface area contributed by atoms with E-state index >= 15 is 0 Å². The monoisotopic (exact) mass is 295 g/mol. The second-order valence-corrected chi connectivity index (χ2v) is 5.11. The predicted molar refractivity (Wildman–Crippen MR) is 80.4 cm³/mol. The van der Waals surface area contributed by atoms with Crippen molar-refractivity contribution < 1.29 is 9.47 Å². The first-order valence-electron chi connectivity index (χ1n) is 6.27. The molecule has 1 heterocycles. The lowest BCUT2D eigenvalue weighted by Gasteiger charge is -2.17. The minimum Gasteiger partial charge on any atom is -0.493 e. The SMILES string of the molecule is COc1ccc(Cl)c(-c2cc(N)n(C)n2)c1OC(C)C. The van der Waals surface area contributed by atoms with Gasteiger partial charge in [-0.2, -0.15) is 5.10 Å². The zero-order valence-electron chi connectivity index (χ0n) is 12.0. The molecule has 0 bridgehead atoms. The molecule has 6 heteroatoms. The van der Waals surface area contributed by atoms with Crippen LogP contribution >= 0.6 is 11.6 Å². The van der Waals surface area contributed by atoms with Gasteiger partial charge in [0.2, 0.25) is 0 Å². The van der Waals surface area contributed by atoms with E-state index in [0.717, 1.165) is 0 Å². The highest BCUT2D eigenvalue weighted by molar-refractivity contribution is 6.33. The minimum atomic E-state index is -0.0119. The molecule has 5 nitrogen and oxygen atoms in total. The molecule has 20 heavy (non-hydrogen) atoms. The van der Waals surface area contributed by atoms with Crippen LogP contribution in [0.3, 0.4) is 0 Å². The summed E-state index contributed by atoms with van der Waals surface area (Å²) in [6.45, 7) is 3.88. The third-order valence-electron chi connectivity index (χ3n) is 2.82. The highest BCUT2D eigenvalue weighted by Gasteiger charge is 2.20. The second-order valence-electron chi connectivity index (χ2n) is 4.70. The fraction of sp³-hybridized carbons (Fsp3) is 0.357. The molecule has 0 aliphatic carbocycles. The number of rotatable bonds is 4. The van der Waals surface area contributed by atoms with Crippen LogP contribution in [0.2, 0.25) is 5.02 Å². The van der Waals surface area contributed by atoms with Crippen molar-refractivity contribution in [3.63, 3.8) is 0 Å². The first kappa shape index (κ1) is 14.5. The van der Waals surface area contributed by atoms with Crippen molar-refractivity contribution in [2.75, 3.05) is 12.8 Å². The molecular formula is C14H18ClN3O2. The highest BCUT2D eigenvalue weighted by atomic mass is 35.5. The van der Waals surface area contributed by atoms with E-state index in [-0.39, 0.29) is 6.10 Å². The molecule has 1 aromatic heterocycles. The number of benzene rings is 1. The zero-order valence-corrected chi connectivity index (χ0v) is 12.7. The summed E-state index contributed by atoms with van der Waals surface area (Å²) >= 11 is 6.31. The molecule has 0 saturated carbocycles. The third-order valence-corrected chi connectivity index (χ3v) is 3.13. The lowest BCUT2D eigenvalue weighted by molar-refractivity contribution is 0.231. The maximum atomic E-state index is 6.31. The number of aryl methyl sites for hydroxylation is 1. The Balaban J connectivity index is 2.65. The molecule has 108 valence electrons. The average Bonchev–Trinajstić information content (AvgIpc) is 2.69. The number of aromatic nitrogens is 2. The maximum absolute atomic E-state index is 6.31. The molecule has 0 spiro atoms. The van der Waals surface area contributed by atoms with Gasteiger partial charge in [0.1, 0.15) is 5.82 Å². The first-order valence-corrected chi connectivity index (χ1v) is 6.64. The molecule has 2 aromatic rings. The van der Waals surface area contributed by atoms with Gasteiger partial charge in [-0.1, -0.05) is 11.6 Å². The van der Waals surface area contributed by atoms with Gasteiger partial charge in [-0.25, -0.2) is 0 Å². The average molecular weight is 296 g/mol. The van der Waals surface area contributed by atoms with E-state index in [1.807, 2.05) is 13.8 Å². The van der Waals surface area contributed by atoms with E-state index in [1.54, 1.807) is 37.0 Å². The van der Waals surface area contributed by atoms with Gasteiger partial charge in [-0.05, 0) is 26.0 Å².